The number of ether oxygens (including phenoxy) is 1. The monoisotopic (exact) mass is 307 g/mol. The van der Waals surface area contributed by atoms with Gasteiger partial charge in [0.15, 0.2) is 0 Å². The van der Waals surface area contributed by atoms with E-state index in [2.05, 4.69) is 17.2 Å². The van der Waals surface area contributed by atoms with Crippen LogP contribution in [0.3, 0.4) is 0 Å². The minimum Gasteiger partial charge on any atom is -0.395 e. The average molecular weight is 308 g/mol. The van der Waals surface area contributed by atoms with Crippen LogP contribution in [-0.4, -0.2) is 36.9 Å². The Labute approximate surface area is 129 Å². The summed E-state index contributed by atoms with van der Waals surface area (Å²) in [6.45, 7) is 1.40. The van der Waals surface area contributed by atoms with Crippen molar-refractivity contribution in [1.82, 2.24) is 5.32 Å². The van der Waals surface area contributed by atoms with Crippen LogP contribution in [0.15, 0.2) is 18.2 Å². The first-order valence-corrected chi connectivity index (χ1v) is 7.36. The summed E-state index contributed by atoms with van der Waals surface area (Å²) < 4.78 is 5.26. The van der Waals surface area contributed by atoms with Crippen molar-refractivity contribution in [3.8, 4) is 11.8 Å². The minimum absolute atomic E-state index is 0.0240. The molecule has 1 aromatic carbocycles. The second-order valence-corrected chi connectivity index (χ2v) is 5.24. The Kier molecular flexibility index (Phi) is 6.06. The molecule has 5 heteroatoms. The molecule has 0 bridgehead atoms. The van der Waals surface area contributed by atoms with Gasteiger partial charge in [0.2, 0.25) is 0 Å². The second kappa shape index (κ2) is 8.04. The number of amides is 1. The summed E-state index contributed by atoms with van der Waals surface area (Å²) in [4.78, 5) is 12.2. The number of nitrogens with one attached hydrogen (secondary N) is 1. The molecule has 0 radical (unpaired) electrons. The van der Waals surface area contributed by atoms with Crippen molar-refractivity contribution in [2.24, 2.45) is 0 Å². The van der Waals surface area contributed by atoms with Crippen LogP contribution in [-0.2, 0) is 4.74 Å². The maximum atomic E-state index is 12.2. The molecule has 0 aliphatic carbocycles. The fourth-order valence-corrected chi connectivity index (χ4v) is 2.31. The lowest BCUT2D eigenvalue weighted by Gasteiger charge is -2.23. The highest BCUT2D eigenvalue weighted by Gasteiger charge is 2.17. The zero-order valence-electron chi connectivity index (χ0n) is 11.7. The van der Waals surface area contributed by atoms with Gasteiger partial charge in [-0.2, -0.15) is 0 Å². The second-order valence-electron chi connectivity index (χ2n) is 4.83. The molecule has 1 aliphatic heterocycles. The molecule has 0 unspecified atom stereocenters. The fourth-order valence-electron chi connectivity index (χ4n) is 2.08. The van der Waals surface area contributed by atoms with Crippen molar-refractivity contribution < 1.29 is 14.6 Å². The van der Waals surface area contributed by atoms with Gasteiger partial charge < -0.3 is 15.2 Å². The van der Waals surface area contributed by atoms with Crippen molar-refractivity contribution in [3.63, 3.8) is 0 Å². The van der Waals surface area contributed by atoms with Gasteiger partial charge in [0.1, 0.15) is 0 Å². The van der Waals surface area contributed by atoms with Crippen molar-refractivity contribution in [1.29, 1.82) is 0 Å². The van der Waals surface area contributed by atoms with Crippen LogP contribution < -0.4 is 5.32 Å². The zero-order chi connectivity index (χ0) is 15.1. The predicted octanol–water partition coefficient (Wildman–Crippen LogP) is 1.98. The summed E-state index contributed by atoms with van der Waals surface area (Å²) in [6.07, 6.45) is 2.08. The van der Waals surface area contributed by atoms with Gasteiger partial charge in [0.05, 0.1) is 11.6 Å². The van der Waals surface area contributed by atoms with Gasteiger partial charge in [0.25, 0.3) is 5.91 Å². The molecule has 21 heavy (non-hydrogen) atoms. The van der Waals surface area contributed by atoms with Gasteiger partial charge in [-0.25, -0.2) is 0 Å². The third kappa shape index (κ3) is 4.75. The number of carbonyl (C=O) groups excluding carboxylic acids is 1. The Morgan fingerprint density at radius 1 is 1.43 bits per heavy atom. The molecule has 0 spiro atoms. The molecule has 2 rings (SSSR count). The molecular formula is C16H18ClNO3. The van der Waals surface area contributed by atoms with Gasteiger partial charge in [0, 0.05) is 36.8 Å². The SMILES string of the molecule is O=C(NC1CCOCC1)c1ccc(C#CCCO)c(Cl)c1. The molecule has 0 aromatic heterocycles. The van der Waals surface area contributed by atoms with Gasteiger partial charge in [-0.1, -0.05) is 23.4 Å². The van der Waals surface area contributed by atoms with Crippen molar-refractivity contribution in [2.45, 2.75) is 25.3 Å². The molecule has 112 valence electrons. The van der Waals surface area contributed by atoms with E-state index in [-0.39, 0.29) is 18.6 Å². The van der Waals surface area contributed by atoms with Gasteiger partial charge in [-0.3, -0.25) is 4.79 Å². The van der Waals surface area contributed by atoms with E-state index >= 15 is 0 Å². The zero-order valence-corrected chi connectivity index (χ0v) is 12.4. The third-order valence-corrected chi connectivity index (χ3v) is 3.56. The number of aliphatic hydroxyl groups excluding tert-OH is 1. The van der Waals surface area contributed by atoms with Gasteiger partial charge >= 0.3 is 0 Å². The molecule has 0 atom stereocenters. The van der Waals surface area contributed by atoms with Crippen LogP contribution >= 0.6 is 11.6 Å². The Bertz CT molecular complexity index is 556. The molecule has 2 N–H and O–H groups in total. The smallest absolute Gasteiger partial charge is 0.251 e. The summed E-state index contributed by atoms with van der Waals surface area (Å²) in [6, 6.07) is 5.22. The van der Waals surface area contributed by atoms with Crippen molar-refractivity contribution >= 4 is 17.5 Å². The molecular weight excluding hydrogens is 290 g/mol. The van der Waals surface area contributed by atoms with Crippen LogP contribution in [0.1, 0.15) is 35.2 Å². The summed E-state index contributed by atoms with van der Waals surface area (Å²) >= 11 is 6.13. The highest BCUT2D eigenvalue weighted by Crippen LogP contribution is 2.17. The van der Waals surface area contributed by atoms with Gasteiger partial charge in [-0.05, 0) is 31.0 Å². The number of benzene rings is 1. The molecule has 1 amide bonds. The molecule has 1 heterocycles. The maximum absolute atomic E-state index is 12.2. The van der Waals surface area contributed by atoms with Crippen LogP contribution in [0.25, 0.3) is 0 Å². The summed E-state index contributed by atoms with van der Waals surface area (Å²) in [5, 5.41) is 12.1. The number of aliphatic hydroxyl groups is 1. The number of rotatable bonds is 3. The highest BCUT2D eigenvalue weighted by molar-refractivity contribution is 6.32. The van der Waals surface area contributed by atoms with E-state index < -0.39 is 0 Å². The van der Waals surface area contributed by atoms with E-state index in [1.165, 1.54) is 0 Å². The predicted molar refractivity (Wildman–Crippen MR) is 81.3 cm³/mol. The quantitative estimate of drug-likeness (QED) is 0.840. The number of halogens is 1. The van der Waals surface area contributed by atoms with E-state index in [9.17, 15) is 4.79 Å². The topological polar surface area (TPSA) is 58.6 Å². The number of hydrogen-bond acceptors (Lipinski definition) is 3. The van der Waals surface area contributed by atoms with Crippen molar-refractivity contribution in [2.75, 3.05) is 19.8 Å². The first-order valence-electron chi connectivity index (χ1n) is 6.98. The van der Waals surface area contributed by atoms with Crippen LogP contribution in [0.2, 0.25) is 5.02 Å². The molecule has 1 saturated heterocycles. The first-order chi connectivity index (χ1) is 10.2. The lowest BCUT2D eigenvalue weighted by molar-refractivity contribution is 0.0696. The Balaban J connectivity index is 2.01. The maximum Gasteiger partial charge on any atom is 0.251 e. The van der Waals surface area contributed by atoms with E-state index in [0.29, 0.717) is 35.8 Å². The standard InChI is InChI=1S/C16H18ClNO3/c17-15-11-13(5-4-12(15)3-1-2-8-19)16(20)18-14-6-9-21-10-7-14/h4-5,11,14,19H,2,6-10H2,(H,18,20). The fraction of sp³-hybridized carbons (Fsp3) is 0.438. The normalized spacial score (nSPS) is 15.1. The summed E-state index contributed by atoms with van der Waals surface area (Å²) in [5.74, 6) is 5.55. The highest BCUT2D eigenvalue weighted by atomic mass is 35.5. The van der Waals surface area contributed by atoms with Crippen LogP contribution in [0, 0.1) is 11.8 Å². The van der Waals surface area contributed by atoms with E-state index in [1.807, 2.05) is 0 Å². The number of carbonyl (C=O) groups is 1. The number of hydrogen-bond donors (Lipinski definition) is 2. The van der Waals surface area contributed by atoms with Crippen LogP contribution in [0.5, 0.6) is 0 Å². The third-order valence-electron chi connectivity index (χ3n) is 3.25. The average Bonchev–Trinajstić information content (AvgIpc) is 2.50. The summed E-state index contributed by atoms with van der Waals surface area (Å²) in [7, 11) is 0. The van der Waals surface area contributed by atoms with Crippen molar-refractivity contribution in [3.05, 3.63) is 34.3 Å². The lowest BCUT2D eigenvalue weighted by Crippen LogP contribution is -2.38. The largest absolute Gasteiger partial charge is 0.395 e. The molecule has 1 aromatic rings. The molecule has 1 fully saturated rings. The van der Waals surface area contributed by atoms with E-state index in [4.69, 9.17) is 21.4 Å². The first kappa shape index (κ1) is 15.8. The summed E-state index contributed by atoms with van der Waals surface area (Å²) in [5.41, 5.74) is 1.19. The molecule has 1 aliphatic rings. The Morgan fingerprint density at radius 3 is 2.86 bits per heavy atom. The molecule has 0 saturated carbocycles. The lowest BCUT2D eigenvalue weighted by atomic mass is 10.1. The van der Waals surface area contributed by atoms with E-state index in [0.717, 1.165) is 12.8 Å². The minimum atomic E-state index is -0.126. The Hall–Kier alpha value is -1.54. The van der Waals surface area contributed by atoms with Crippen LogP contribution in [0.4, 0.5) is 0 Å². The van der Waals surface area contributed by atoms with Gasteiger partial charge in [-0.15, -0.1) is 0 Å². The Morgan fingerprint density at radius 2 is 2.19 bits per heavy atom. The van der Waals surface area contributed by atoms with E-state index in [1.54, 1.807) is 18.2 Å². The molecule has 4 nitrogen and oxygen atoms in total.